The number of esters is 1. The van der Waals surface area contributed by atoms with Crippen LogP contribution in [0.25, 0.3) is 0 Å². The van der Waals surface area contributed by atoms with Crippen LogP contribution in [0.5, 0.6) is 5.75 Å². The van der Waals surface area contributed by atoms with Gasteiger partial charge in [-0.2, -0.15) is 0 Å². The van der Waals surface area contributed by atoms with Gasteiger partial charge in [0.25, 0.3) is 0 Å². The van der Waals surface area contributed by atoms with Gasteiger partial charge in [0.2, 0.25) is 0 Å². The molecule has 0 atom stereocenters. The molecule has 5 nitrogen and oxygen atoms in total. The Balaban J connectivity index is 2.98. The van der Waals surface area contributed by atoms with Gasteiger partial charge in [-0.1, -0.05) is 18.5 Å². The quantitative estimate of drug-likeness (QED) is 0.490. The Labute approximate surface area is 135 Å². The zero-order chi connectivity index (χ0) is 16.7. The lowest BCUT2D eigenvalue weighted by Gasteiger charge is -2.12. The predicted octanol–water partition coefficient (Wildman–Crippen LogP) is 3.87. The van der Waals surface area contributed by atoms with E-state index in [1.807, 2.05) is 13.8 Å². The molecule has 0 saturated carbocycles. The van der Waals surface area contributed by atoms with Crippen LogP contribution in [0.4, 0.5) is 0 Å². The van der Waals surface area contributed by atoms with Gasteiger partial charge in [-0.05, 0) is 45.4 Å². The first-order valence-corrected chi connectivity index (χ1v) is 7.56. The first kappa shape index (κ1) is 18.2. The molecule has 1 N–H and O–H groups in total. The van der Waals surface area contributed by atoms with Crippen molar-refractivity contribution in [3.8, 4) is 5.75 Å². The van der Waals surface area contributed by atoms with Crippen LogP contribution in [0, 0.1) is 5.41 Å². The van der Waals surface area contributed by atoms with Gasteiger partial charge < -0.3 is 9.47 Å². The average Bonchev–Trinajstić information content (AvgIpc) is 2.46. The standard InChI is InChI=1S/C16H21ClN2O3/c1-5-13(16(20)21-6-2)19-15(18)11-7-8-14(12(17)9-11)22-10(3)4/h7-10,18H,5-6H2,1-4H3/b18-15?,19-13+. The van der Waals surface area contributed by atoms with Gasteiger partial charge in [0.05, 0.1) is 17.7 Å². The Hall–Kier alpha value is -1.88. The summed E-state index contributed by atoms with van der Waals surface area (Å²) >= 11 is 6.14. The smallest absolute Gasteiger partial charge is 0.352 e. The number of aliphatic imine (C=N–C) groups is 1. The van der Waals surface area contributed by atoms with Crippen LogP contribution in [0.1, 0.15) is 39.7 Å². The summed E-state index contributed by atoms with van der Waals surface area (Å²) in [6.45, 7) is 7.60. The highest BCUT2D eigenvalue weighted by atomic mass is 35.5. The number of hydrogen-bond acceptors (Lipinski definition) is 4. The molecule has 1 aromatic carbocycles. The highest BCUT2D eigenvalue weighted by Crippen LogP contribution is 2.26. The molecule has 0 heterocycles. The molecule has 120 valence electrons. The van der Waals surface area contributed by atoms with E-state index in [1.165, 1.54) is 0 Å². The number of benzene rings is 1. The molecule has 0 amide bonds. The third kappa shape index (κ3) is 5.15. The molecule has 0 radical (unpaired) electrons. The number of halogens is 1. The van der Waals surface area contributed by atoms with E-state index in [1.54, 1.807) is 32.0 Å². The lowest BCUT2D eigenvalue weighted by atomic mass is 10.2. The van der Waals surface area contributed by atoms with E-state index >= 15 is 0 Å². The summed E-state index contributed by atoms with van der Waals surface area (Å²) in [6, 6.07) is 4.98. The number of nitrogens with zero attached hydrogens (tertiary/aromatic N) is 1. The van der Waals surface area contributed by atoms with Crippen LogP contribution >= 0.6 is 11.6 Å². The second-order valence-electron chi connectivity index (χ2n) is 4.79. The molecule has 0 saturated heterocycles. The number of hydrogen-bond donors (Lipinski definition) is 1. The van der Waals surface area contributed by atoms with Crippen molar-refractivity contribution in [3.05, 3.63) is 28.8 Å². The topological polar surface area (TPSA) is 71.7 Å². The molecule has 0 bridgehead atoms. The number of rotatable bonds is 6. The fourth-order valence-corrected chi connectivity index (χ4v) is 1.91. The van der Waals surface area contributed by atoms with E-state index in [-0.39, 0.29) is 24.3 Å². The lowest BCUT2D eigenvalue weighted by molar-refractivity contribution is -0.135. The van der Waals surface area contributed by atoms with Gasteiger partial charge in [0.15, 0.2) is 5.84 Å². The molecule has 0 unspecified atom stereocenters. The highest BCUT2D eigenvalue weighted by Gasteiger charge is 2.13. The third-order valence-corrected chi connectivity index (χ3v) is 2.96. The maximum Gasteiger partial charge on any atom is 0.352 e. The Morgan fingerprint density at radius 3 is 2.55 bits per heavy atom. The van der Waals surface area contributed by atoms with E-state index in [2.05, 4.69) is 4.99 Å². The van der Waals surface area contributed by atoms with Crippen molar-refractivity contribution in [2.75, 3.05) is 6.61 Å². The molecule has 0 aliphatic carbocycles. The van der Waals surface area contributed by atoms with Crippen molar-refractivity contribution in [2.45, 2.75) is 40.2 Å². The van der Waals surface area contributed by atoms with Gasteiger partial charge in [0, 0.05) is 5.56 Å². The number of carbonyl (C=O) groups excluding carboxylic acids is 1. The van der Waals surface area contributed by atoms with Crippen LogP contribution in [-0.4, -0.2) is 30.2 Å². The molecule has 0 aromatic heterocycles. The number of ether oxygens (including phenoxy) is 2. The van der Waals surface area contributed by atoms with E-state index in [0.29, 0.717) is 22.8 Å². The van der Waals surface area contributed by atoms with Crippen molar-refractivity contribution < 1.29 is 14.3 Å². The fourth-order valence-electron chi connectivity index (χ4n) is 1.68. The normalized spacial score (nSPS) is 11.5. The molecule has 0 aliphatic rings. The van der Waals surface area contributed by atoms with E-state index < -0.39 is 5.97 Å². The second-order valence-corrected chi connectivity index (χ2v) is 5.20. The first-order valence-electron chi connectivity index (χ1n) is 7.18. The molecule has 22 heavy (non-hydrogen) atoms. The number of nitrogens with one attached hydrogen (secondary N) is 1. The summed E-state index contributed by atoms with van der Waals surface area (Å²) in [4.78, 5) is 15.7. The van der Waals surface area contributed by atoms with Crippen LogP contribution in [0.2, 0.25) is 5.02 Å². The first-order chi connectivity index (χ1) is 10.4. The minimum Gasteiger partial charge on any atom is -0.489 e. The monoisotopic (exact) mass is 324 g/mol. The zero-order valence-electron chi connectivity index (χ0n) is 13.3. The molecule has 1 rings (SSSR count). The van der Waals surface area contributed by atoms with Gasteiger partial charge in [0.1, 0.15) is 11.5 Å². The maximum absolute atomic E-state index is 11.7. The maximum atomic E-state index is 11.7. The summed E-state index contributed by atoms with van der Waals surface area (Å²) in [5.41, 5.74) is 0.724. The van der Waals surface area contributed by atoms with Crippen molar-refractivity contribution in [1.82, 2.24) is 0 Å². The Morgan fingerprint density at radius 1 is 1.36 bits per heavy atom. The molecular weight excluding hydrogens is 304 g/mol. The largest absolute Gasteiger partial charge is 0.489 e. The van der Waals surface area contributed by atoms with Gasteiger partial charge >= 0.3 is 5.97 Å². The summed E-state index contributed by atoms with van der Waals surface area (Å²) in [6.07, 6.45) is 0.403. The van der Waals surface area contributed by atoms with Crippen LogP contribution in [-0.2, 0) is 9.53 Å². The highest BCUT2D eigenvalue weighted by molar-refractivity contribution is 6.38. The molecule has 6 heteroatoms. The fraction of sp³-hybridized carbons (Fsp3) is 0.438. The minimum absolute atomic E-state index is 0.0105. The Kier molecular flexibility index (Phi) is 7.05. The molecule has 0 spiro atoms. The lowest BCUT2D eigenvalue weighted by Crippen LogP contribution is -2.18. The summed E-state index contributed by atoms with van der Waals surface area (Å²) in [5, 5.41) is 8.41. The second kappa shape index (κ2) is 8.54. The average molecular weight is 325 g/mol. The SMILES string of the molecule is CCOC(=O)/C(CC)=N/C(=N)c1ccc(OC(C)C)c(Cl)c1. The number of amidine groups is 1. The predicted molar refractivity (Wildman–Crippen MR) is 88.4 cm³/mol. The van der Waals surface area contributed by atoms with Crippen molar-refractivity contribution in [1.29, 1.82) is 5.41 Å². The van der Waals surface area contributed by atoms with Crippen LogP contribution < -0.4 is 4.74 Å². The van der Waals surface area contributed by atoms with Gasteiger partial charge in [-0.3, -0.25) is 5.41 Å². The van der Waals surface area contributed by atoms with Crippen molar-refractivity contribution in [2.24, 2.45) is 4.99 Å². The van der Waals surface area contributed by atoms with Crippen LogP contribution in [0.3, 0.4) is 0 Å². The molecular formula is C16H21ClN2O3. The molecule has 0 fully saturated rings. The summed E-state index contributed by atoms with van der Waals surface area (Å²) in [7, 11) is 0. The van der Waals surface area contributed by atoms with E-state index in [4.69, 9.17) is 26.5 Å². The zero-order valence-corrected chi connectivity index (χ0v) is 14.0. The Bertz CT molecular complexity index is 583. The number of carbonyl (C=O) groups is 1. The summed E-state index contributed by atoms with van der Waals surface area (Å²) in [5.74, 6) is 0.0156. The third-order valence-electron chi connectivity index (χ3n) is 2.66. The van der Waals surface area contributed by atoms with Crippen molar-refractivity contribution in [3.63, 3.8) is 0 Å². The summed E-state index contributed by atoms with van der Waals surface area (Å²) < 4.78 is 10.4. The van der Waals surface area contributed by atoms with E-state index in [9.17, 15) is 4.79 Å². The van der Waals surface area contributed by atoms with Crippen LogP contribution in [0.15, 0.2) is 23.2 Å². The van der Waals surface area contributed by atoms with Gasteiger partial charge in [-0.25, -0.2) is 9.79 Å². The van der Waals surface area contributed by atoms with Gasteiger partial charge in [-0.15, -0.1) is 0 Å². The van der Waals surface area contributed by atoms with Crippen molar-refractivity contribution >= 4 is 29.1 Å². The molecule has 0 aliphatic heterocycles. The molecule has 1 aromatic rings. The van der Waals surface area contributed by atoms with E-state index in [0.717, 1.165) is 0 Å². The minimum atomic E-state index is -0.499. The Morgan fingerprint density at radius 2 is 2.05 bits per heavy atom.